The van der Waals surface area contributed by atoms with Gasteiger partial charge in [0.1, 0.15) is 0 Å². The molecular formula is C18H20INO2. The van der Waals surface area contributed by atoms with Crippen molar-refractivity contribution >= 4 is 22.6 Å². The van der Waals surface area contributed by atoms with Gasteiger partial charge in [0.15, 0.2) is 11.5 Å². The number of benzene rings is 2. The lowest BCUT2D eigenvalue weighted by Gasteiger charge is -2.28. The van der Waals surface area contributed by atoms with Crippen LogP contribution in [0.5, 0.6) is 11.5 Å². The van der Waals surface area contributed by atoms with Crippen molar-refractivity contribution in [1.29, 1.82) is 0 Å². The molecule has 0 unspecified atom stereocenters. The normalized spacial score (nSPS) is 17.0. The molecule has 1 heterocycles. The third kappa shape index (κ3) is 3.08. The lowest BCUT2D eigenvalue weighted by atomic mass is 9.89. The highest BCUT2D eigenvalue weighted by Crippen LogP contribution is 2.37. The van der Waals surface area contributed by atoms with E-state index in [9.17, 15) is 0 Å². The number of ether oxygens (including phenoxy) is 2. The summed E-state index contributed by atoms with van der Waals surface area (Å²) in [6.45, 7) is 3.61. The summed E-state index contributed by atoms with van der Waals surface area (Å²) in [7, 11) is 1.70. The number of fused-ring (bicyclic) bond motifs is 1. The maximum Gasteiger partial charge on any atom is 0.161 e. The Labute approximate surface area is 145 Å². The first-order chi connectivity index (χ1) is 10.7. The highest BCUT2D eigenvalue weighted by Gasteiger charge is 2.24. The van der Waals surface area contributed by atoms with E-state index >= 15 is 0 Å². The molecule has 1 N–H and O–H groups in total. The van der Waals surface area contributed by atoms with Crippen LogP contribution in [0.15, 0.2) is 36.4 Å². The van der Waals surface area contributed by atoms with Gasteiger partial charge in [-0.2, -0.15) is 0 Å². The van der Waals surface area contributed by atoms with Crippen molar-refractivity contribution in [2.45, 2.75) is 19.4 Å². The molecule has 0 bridgehead atoms. The van der Waals surface area contributed by atoms with Crippen molar-refractivity contribution in [2.24, 2.45) is 0 Å². The zero-order chi connectivity index (χ0) is 15.5. The number of methoxy groups -OCH3 is 1. The summed E-state index contributed by atoms with van der Waals surface area (Å²) >= 11 is 2.36. The van der Waals surface area contributed by atoms with Gasteiger partial charge in [-0.3, -0.25) is 0 Å². The molecule has 0 aromatic heterocycles. The van der Waals surface area contributed by atoms with Gasteiger partial charge in [-0.1, -0.05) is 12.1 Å². The van der Waals surface area contributed by atoms with Crippen LogP contribution in [0.1, 0.15) is 29.7 Å². The van der Waals surface area contributed by atoms with Gasteiger partial charge < -0.3 is 14.8 Å². The summed E-state index contributed by atoms with van der Waals surface area (Å²) in [5, 5.41) is 3.62. The van der Waals surface area contributed by atoms with Crippen LogP contribution in [0, 0.1) is 3.57 Å². The van der Waals surface area contributed by atoms with Crippen molar-refractivity contribution < 1.29 is 9.47 Å². The molecule has 116 valence electrons. The standard InChI is InChI=1S/C18H20INO2/c1-3-22-17-10-12-7-8-20-18(15(12)11-16(17)21-2)13-5-4-6-14(19)9-13/h4-6,9-11,18,20H,3,7-8H2,1-2H3/t18-/m0/s1. The quantitative estimate of drug-likeness (QED) is 0.777. The Kier molecular flexibility index (Phi) is 4.88. The van der Waals surface area contributed by atoms with E-state index in [2.05, 4.69) is 64.3 Å². The topological polar surface area (TPSA) is 30.5 Å². The molecule has 0 radical (unpaired) electrons. The fraction of sp³-hybridized carbons (Fsp3) is 0.333. The van der Waals surface area contributed by atoms with Crippen LogP contribution >= 0.6 is 22.6 Å². The van der Waals surface area contributed by atoms with Gasteiger partial charge in [-0.25, -0.2) is 0 Å². The van der Waals surface area contributed by atoms with Gasteiger partial charge in [0, 0.05) is 10.1 Å². The molecule has 0 spiro atoms. The Bertz CT molecular complexity index is 672. The molecule has 3 rings (SSSR count). The molecule has 0 amide bonds. The van der Waals surface area contributed by atoms with Crippen LogP contribution in [-0.4, -0.2) is 20.3 Å². The van der Waals surface area contributed by atoms with E-state index in [0.717, 1.165) is 24.5 Å². The summed E-state index contributed by atoms with van der Waals surface area (Å²) in [5.74, 6) is 1.65. The Morgan fingerprint density at radius 3 is 2.82 bits per heavy atom. The van der Waals surface area contributed by atoms with E-state index in [0.29, 0.717) is 6.61 Å². The Morgan fingerprint density at radius 1 is 1.23 bits per heavy atom. The average molecular weight is 409 g/mol. The molecule has 2 aromatic carbocycles. The van der Waals surface area contributed by atoms with Gasteiger partial charge >= 0.3 is 0 Å². The zero-order valence-corrected chi connectivity index (χ0v) is 15.0. The molecule has 0 saturated carbocycles. The molecule has 2 aromatic rings. The summed E-state index contributed by atoms with van der Waals surface area (Å²) in [5.41, 5.74) is 3.92. The number of hydrogen-bond acceptors (Lipinski definition) is 3. The number of halogens is 1. The van der Waals surface area contributed by atoms with Gasteiger partial charge in [0.2, 0.25) is 0 Å². The summed E-state index contributed by atoms with van der Waals surface area (Å²) in [6.07, 6.45) is 1.01. The van der Waals surface area contributed by atoms with Crippen molar-refractivity contribution in [3.05, 3.63) is 56.7 Å². The summed E-state index contributed by atoms with van der Waals surface area (Å²) < 4.78 is 12.5. The van der Waals surface area contributed by atoms with Crippen LogP contribution in [0.25, 0.3) is 0 Å². The molecule has 1 aliphatic heterocycles. The number of hydrogen-bond donors (Lipinski definition) is 1. The van der Waals surface area contributed by atoms with E-state index in [1.165, 1.54) is 20.3 Å². The fourth-order valence-corrected chi connectivity index (χ4v) is 3.54. The smallest absolute Gasteiger partial charge is 0.161 e. The first-order valence-corrected chi connectivity index (χ1v) is 8.63. The van der Waals surface area contributed by atoms with Crippen LogP contribution in [0.3, 0.4) is 0 Å². The first kappa shape index (κ1) is 15.6. The second-order valence-electron chi connectivity index (χ2n) is 5.33. The van der Waals surface area contributed by atoms with Gasteiger partial charge in [0.25, 0.3) is 0 Å². The van der Waals surface area contributed by atoms with Crippen LogP contribution in [0.2, 0.25) is 0 Å². The Morgan fingerprint density at radius 2 is 2.09 bits per heavy atom. The monoisotopic (exact) mass is 409 g/mol. The molecule has 1 aliphatic rings. The minimum Gasteiger partial charge on any atom is -0.493 e. The van der Waals surface area contributed by atoms with Crippen LogP contribution in [-0.2, 0) is 6.42 Å². The molecule has 1 atom stereocenters. The largest absolute Gasteiger partial charge is 0.493 e. The molecule has 0 saturated heterocycles. The van der Waals surface area contributed by atoms with E-state index in [4.69, 9.17) is 9.47 Å². The van der Waals surface area contributed by atoms with E-state index in [-0.39, 0.29) is 6.04 Å². The van der Waals surface area contributed by atoms with Crippen molar-refractivity contribution in [1.82, 2.24) is 5.32 Å². The summed E-state index contributed by atoms with van der Waals surface area (Å²) in [4.78, 5) is 0. The predicted octanol–water partition coefficient (Wildman–Crippen LogP) is 3.93. The highest BCUT2D eigenvalue weighted by molar-refractivity contribution is 14.1. The van der Waals surface area contributed by atoms with Crippen molar-refractivity contribution in [3.63, 3.8) is 0 Å². The number of rotatable bonds is 4. The first-order valence-electron chi connectivity index (χ1n) is 7.55. The van der Waals surface area contributed by atoms with E-state index in [1.54, 1.807) is 7.11 Å². The van der Waals surface area contributed by atoms with Gasteiger partial charge in [0.05, 0.1) is 19.8 Å². The van der Waals surface area contributed by atoms with Crippen molar-refractivity contribution in [2.75, 3.05) is 20.3 Å². The Hall–Kier alpha value is -1.27. The SMILES string of the molecule is CCOc1cc2c(cc1OC)[C@H](c1cccc(I)c1)NCC2. The van der Waals surface area contributed by atoms with Crippen LogP contribution < -0.4 is 14.8 Å². The number of nitrogens with one attached hydrogen (secondary N) is 1. The molecular weight excluding hydrogens is 389 g/mol. The van der Waals surface area contributed by atoms with Crippen molar-refractivity contribution in [3.8, 4) is 11.5 Å². The van der Waals surface area contributed by atoms with Gasteiger partial charge in [-0.05, 0) is 76.9 Å². The Balaban J connectivity index is 2.05. The lowest BCUT2D eigenvalue weighted by molar-refractivity contribution is 0.309. The third-order valence-electron chi connectivity index (χ3n) is 3.96. The average Bonchev–Trinajstić information content (AvgIpc) is 2.54. The van der Waals surface area contributed by atoms with Crippen LogP contribution in [0.4, 0.5) is 0 Å². The lowest BCUT2D eigenvalue weighted by Crippen LogP contribution is -2.30. The molecule has 4 heteroatoms. The maximum absolute atomic E-state index is 5.71. The fourth-order valence-electron chi connectivity index (χ4n) is 2.98. The van der Waals surface area contributed by atoms with E-state index < -0.39 is 0 Å². The predicted molar refractivity (Wildman–Crippen MR) is 96.9 cm³/mol. The molecule has 0 aliphatic carbocycles. The zero-order valence-electron chi connectivity index (χ0n) is 12.9. The minimum atomic E-state index is 0.211. The molecule has 22 heavy (non-hydrogen) atoms. The summed E-state index contributed by atoms with van der Waals surface area (Å²) in [6, 6.07) is 13.1. The maximum atomic E-state index is 5.71. The minimum absolute atomic E-state index is 0.211. The second kappa shape index (κ2) is 6.87. The third-order valence-corrected chi connectivity index (χ3v) is 4.63. The van der Waals surface area contributed by atoms with Gasteiger partial charge in [-0.15, -0.1) is 0 Å². The highest BCUT2D eigenvalue weighted by atomic mass is 127. The molecule has 3 nitrogen and oxygen atoms in total. The second-order valence-corrected chi connectivity index (χ2v) is 6.57. The van der Waals surface area contributed by atoms with E-state index in [1.807, 2.05) is 6.92 Å². The molecule has 0 fully saturated rings.